The molecule has 1 aromatic carbocycles. The van der Waals surface area contributed by atoms with E-state index in [1.165, 1.54) is 5.56 Å². The van der Waals surface area contributed by atoms with E-state index in [1.807, 2.05) is 6.07 Å². The Balaban J connectivity index is 2.43. The molecule has 0 spiro atoms. The van der Waals surface area contributed by atoms with Crippen LogP contribution < -0.4 is 5.32 Å². The monoisotopic (exact) mass is 303 g/mol. The summed E-state index contributed by atoms with van der Waals surface area (Å²) in [6.45, 7) is 5.32. The molecular weight excluding hydrogens is 286 g/mol. The van der Waals surface area contributed by atoms with E-state index in [0.29, 0.717) is 17.8 Å². The van der Waals surface area contributed by atoms with Gasteiger partial charge < -0.3 is 5.32 Å². The van der Waals surface area contributed by atoms with Gasteiger partial charge in [0.15, 0.2) is 0 Å². The predicted octanol–water partition coefficient (Wildman–Crippen LogP) is 4.19. The van der Waals surface area contributed by atoms with Crippen molar-refractivity contribution in [1.29, 1.82) is 0 Å². The summed E-state index contributed by atoms with van der Waals surface area (Å²) in [7, 11) is 0. The topological polar surface area (TPSA) is 12.0 Å². The third kappa shape index (κ3) is 5.33. The summed E-state index contributed by atoms with van der Waals surface area (Å²) in [4.78, 5) is 0. The highest BCUT2D eigenvalue weighted by Crippen LogP contribution is 2.12. The fourth-order valence-corrected chi connectivity index (χ4v) is 2.36. The van der Waals surface area contributed by atoms with Crippen LogP contribution in [0.1, 0.15) is 25.8 Å². The second-order valence-electron chi connectivity index (χ2n) is 4.49. The Kier molecular flexibility index (Phi) is 6.40. The van der Waals surface area contributed by atoms with E-state index in [9.17, 15) is 0 Å². The summed E-state index contributed by atoms with van der Waals surface area (Å²) >= 11 is 9.41. The van der Waals surface area contributed by atoms with Crippen molar-refractivity contribution in [2.45, 2.75) is 32.9 Å². The van der Waals surface area contributed by atoms with Crippen molar-refractivity contribution in [3.8, 4) is 0 Å². The van der Waals surface area contributed by atoms with Gasteiger partial charge in [-0.2, -0.15) is 0 Å². The summed E-state index contributed by atoms with van der Waals surface area (Å²) < 4.78 is 1.12. The van der Waals surface area contributed by atoms with Crippen molar-refractivity contribution >= 4 is 27.5 Å². The standard InChI is InChI=1S/C13H19BrClN/c1-10(2)6-13(8-15)16-9-11-4-3-5-12(14)7-11/h3-5,7,10,13,16H,6,8-9H2,1-2H3. The molecule has 1 aromatic rings. The van der Waals surface area contributed by atoms with Gasteiger partial charge in [-0.15, -0.1) is 11.6 Å². The highest BCUT2D eigenvalue weighted by molar-refractivity contribution is 9.10. The van der Waals surface area contributed by atoms with Gasteiger partial charge in [-0.05, 0) is 30.0 Å². The van der Waals surface area contributed by atoms with E-state index in [-0.39, 0.29) is 0 Å². The Morgan fingerprint density at radius 1 is 1.38 bits per heavy atom. The average Bonchev–Trinajstić information content (AvgIpc) is 2.24. The molecule has 0 amide bonds. The minimum absolute atomic E-state index is 0.403. The predicted molar refractivity (Wildman–Crippen MR) is 74.9 cm³/mol. The van der Waals surface area contributed by atoms with E-state index in [4.69, 9.17) is 11.6 Å². The lowest BCUT2D eigenvalue weighted by Gasteiger charge is -2.18. The van der Waals surface area contributed by atoms with Gasteiger partial charge in [-0.1, -0.05) is 41.9 Å². The van der Waals surface area contributed by atoms with Crippen molar-refractivity contribution in [3.63, 3.8) is 0 Å². The number of alkyl halides is 1. The first-order valence-corrected chi connectivity index (χ1v) is 6.98. The van der Waals surface area contributed by atoms with Crippen LogP contribution >= 0.6 is 27.5 Å². The van der Waals surface area contributed by atoms with Gasteiger partial charge in [0.1, 0.15) is 0 Å². The molecule has 90 valence electrons. The minimum Gasteiger partial charge on any atom is -0.309 e. The third-order valence-electron chi connectivity index (χ3n) is 2.43. The van der Waals surface area contributed by atoms with E-state index < -0.39 is 0 Å². The van der Waals surface area contributed by atoms with Gasteiger partial charge in [-0.25, -0.2) is 0 Å². The maximum absolute atomic E-state index is 5.94. The average molecular weight is 305 g/mol. The number of hydrogen-bond donors (Lipinski definition) is 1. The van der Waals surface area contributed by atoms with Crippen LogP contribution in [0.25, 0.3) is 0 Å². The van der Waals surface area contributed by atoms with Gasteiger partial charge in [0.05, 0.1) is 0 Å². The van der Waals surface area contributed by atoms with E-state index in [1.54, 1.807) is 0 Å². The molecule has 0 heterocycles. The zero-order valence-corrected chi connectivity index (χ0v) is 12.2. The molecule has 1 rings (SSSR count). The molecule has 3 heteroatoms. The Labute approximate surface area is 112 Å². The first-order chi connectivity index (χ1) is 7.61. The maximum Gasteiger partial charge on any atom is 0.0377 e. The summed E-state index contributed by atoms with van der Waals surface area (Å²) in [5.41, 5.74) is 1.29. The van der Waals surface area contributed by atoms with E-state index in [0.717, 1.165) is 17.4 Å². The van der Waals surface area contributed by atoms with Gasteiger partial charge in [0.2, 0.25) is 0 Å². The van der Waals surface area contributed by atoms with Crippen molar-refractivity contribution in [2.75, 3.05) is 5.88 Å². The molecule has 1 nitrogen and oxygen atoms in total. The Bertz CT molecular complexity index is 315. The molecule has 0 aliphatic rings. The molecule has 0 aliphatic carbocycles. The fraction of sp³-hybridized carbons (Fsp3) is 0.538. The smallest absolute Gasteiger partial charge is 0.0377 e. The number of halogens is 2. The van der Waals surface area contributed by atoms with Crippen molar-refractivity contribution in [2.24, 2.45) is 5.92 Å². The molecule has 0 bridgehead atoms. The molecule has 0 radical (unpaired) electrons. The molecule has 16 heavy (non-hydrogen) atoms. The quantitative estimate of drug-likeness (QED) is 0.777. The first kappa shape index (κ1) is 14.0. The van der Waals surface area contributed by atoms with Gasteiger partial charge in [0, 0.05) is 22.9 Å². The molecule has 1 N–H and O–H groups in total. The van der Waals surface area contributed by atoms with E-state index >= 15 is 0 Å². The zero-order chi connectivity index (χ0) is 12.0. The lowest BCUT2D eigenvalue weighted by molar-refractivity contribution is 0.445. The molecular formula is C13H19BrClN. The Morgan fingerprint density at radius 3 is 2.69 bits per heavy atom. The summed E-state index contributed by atoms with van der Waals surface area (Å²) in [6.07, 6.45) is 1.12. The van der Waals surface area contributed by atoms with Gasteiger partial charge >= 0.3 is 0 Å². The molecule has 1 unspecified atom stereocenters. The summed E-state index contributed by atoms with van der Waals surface area (Å²) in [5.74, 6) is 1.35. The second kappa shape index (κ2) is 7.31. The highest BCUT2D eigenvalue weighted by atomic mass is 79.9. The molecule has 0 aromatic heterocycles. The third-order valence-corrected chi connectivity index (χ3v) is 3.29. The lowest BCUT2D eigenvalue weighted by atomic mass is 10.0. The zero-order valence-electron chi connectivity index (χ0n) is 9.84. The van der Waals surface area contributed by atoms with Crippen LogP contribution in [0.15, 0.2) is 28.7 Å². The lowest BCUT2D eigenvalue weighted by Crippen LogP contribution is -2.31. The Hall–Kier alpha value is -0.0500. The van der Waals surface area contributed by atoms with Crippen molar-refractivity contribution in [3.05, 3.63) is 34.3 Å². The number of hydrogen-bond acceptors (Lipinski definition) is 1. The van der Waals surface area contributed by atoms with Gasteiger partial charge in [0.25, 0.3) is 0 Å². The number of benzene rings is 1. The fourth-order valence-electron chi connectivity index (χ4n) is 1.68. The van der Waals surface area contributed by atoms with Crippen LogP contribution in [0, 0.1) is 5.92 Å². The first-order valence-electron chi connectivity index (χ1n) is 5.65. The highest BCUT2D eigenvalue weighted by Gasteiger charge is 2.08. The van der Waals surface area contributed by atoms with Gasteiger partial charge in [-0.3, -0.25) is 0 Å². The Morgan fingerprint density at radius 2 is 2.12 bits per heavy atom. The number of rotatable bonds is 6. The SMILES string of the molecule is CC(C)CC(CCl)NCc1cccc(Br)c1. The number of nitrogens with one attached hydrogen (secondary N) is 1. The molecule has 0 saturated carbocycles. The summed E-state index contributed by atoms with van der Waals surface area (Å²) in [6, 6.07) is 8.75. The second-order valence-corrected chi connectivity index (χ2v) is 5.72. The molecule has 0 fully saturated rings. The van der Waals surface area contributed by atoms with E-state index in [2.05, 4.69) is 53.3 Å². The molecule has 1 atom stereocenters. The van der Waals surface area contributed by atoms with Crippen LogP contribution in [0.2, 0.25) is 0 Å². The van der Waals surface area contributed by atoms with Crippen LogP contribution in [-0.4, -0.2) is 11.9 Å². The van der Waals surface area contributed by atoms with Crippen LogP contribution in [0.4, 0.5) is 0 Å². The largest absolute Gasteiger partial charge is 0.309 e. The minimum atomic E-state index is 0.403. The van der Waals surface area contributed by atoms with Crippen molar-refractivity contribution in [1.82, 2.24) is 5.32 Å². The normalized spacial score (nSPS) is 13.1. The maximum atomic E-state index is 5.94. The summed E-state index contributed by atoms with van der Waals surface area (Å²) in [5, 5.41) is 3.49. The van der Waals surface area contributed by atoms with Crippen LogP contribution in [-0.2, 0) is 6.54 Å². The molecule has 0 saturated heterocycles. The van der Waals surface area contributed by atoms with Crippen LogP contribution in [0.3, 0.4) is 0 Å². The molecule has 0 aliphatic heterocycles. The van der Waals surface area contributed by atoms with Crippen molar-refractivity contribution < 1.29 is 0 Å². The van der Waals surface area contributed by atoms with Crippen LogP contribution in [0.5, 0.6) is 0 Å².